The van der Waals surface area contributed by atoms with E-state index < -0.39 is 12.0 Å². The second-order valence-electron chi connectivity index (χ2n) is 5.92. The summed E-state index contributed by atoms with van der Waals surface area (Å²) >= 11 is 0. The van der Waals surface area contributed by atoms with Crippen molar-refractivity contribution in [2.24, 2.45) is 0 Å². The number of hydrogen-bond donors (Lipinski definition) is 1. The highest BCUT2D eigenvalue weighted by molar-refractivity contribution is 5.78. The van der Waals surface area contributed by atoms with Gasteiger partial charge in [0.1, 0.15) is 5.75 Å². The number of benzene rings is 2. The maximum atomic E-state index is 11.8. The van der Waals surface area contributed by atoms with Crippen molar-refractivity contribution in [2.45, 2.75) is 26.8 Å². The second-order valence-corrected chi connectivity index (χ2v) is 5.92. The highest BCUT2D eigenvalue weighted by Gasteiger charge is 2.17. The molecule has 27 heavy (non-hydrogen) atoms. The summed E-state index contributed by atoms with van der Waals surface area (Å²) in [4.78, 5) is 13.9. The Balaban J connectivity index is 2.39. The van der Waals surface area contributed by atoms with Crippen molar-refractivity contribution < 1.29 is 14.6 Å². The van der Waals surface area contributed by atoms with Crippen molar-refractivity contribution in [3.8, 4) is 11.8 Å². The fourth-order valence-corrected chi connectivity index (χ4v) is 2.89. The lowest BCUT2D eigenvalue weighted by Gasteiger charge is -2.27. The van der Waals surface area contributed by atoms with Crippen molar-refractivity contribution in [1.82, 2.24) is 0 Å². The summed E-state index contributed by atoms with van der Waals surface area (Å²) < 4.78 is 5.70. The summed E-state index contributed by atoms with van der Waals surface area (Å²) in [7, 11) is 0. The molecule has 2 aromatic carbocycles. The number of nitriles is 1. The number of carboxylic acid groups (broad SMARTS) is 1. The van der Waals surface area contributed by atoms with E-state index in [2.05, 4.69) is 10.2 Å². The number of carbonyl (C=O) groups excluding carboxylic acids is 1. The normalized spacial score (nSPS) is 11.3. The first-order valence-corrected chi connectivity index (χ1v) is 9.03. The average molecular weight is 366 g/mol. The van der Waals surface area contributed by atoms with Crippen LogP contribution in [0.4, 0.5) is 11.4 Å². The smallest absolute Gasteiger partial charge is 0.142 e. The summed E-state index contributed by atoms with van der Waals surface area (Å²) in [5, 5.41) is 23.6. The monoisotopic (exact) mass is 366 g/mol. The van der Waals surface area contributed by atoms with E-state index in [0.717, 1.165) is 24.5 Å². The number of rotatable bonds is 9. The first-order valence-electron chi connectivity index (χ1n) is 9.03. The van der Waals surface area contributed by atoms with Crippen LogP contribution in [0.15, 0.2) is 42.5 Å². The molecule has 2 aromatic rings. The van der Waals surface area contributed by atoms with E-state index in [4.69, 9.17) is 10.00 Å². The molecule has 0 saturated heterocycles. The molecule has 0 aliphatic heterocycles. The van der Waals surface area contributed by atoms with Crippen LogP contribution in [-0.2, 0) is 4.79 Å². The van der Waals surface area contributed by atoms with Gasteiger partial charge in [-0.2, -0.15) is 5.26 Å². The quantitative estimate of drug-likeness (QED) is 0.734. The minimum absolute atomic E-state index is 0.510. The zero-order valence-corrected chi connectivity index (χ0v) is 15.9. The third kappa shape index (κ3) is 4.91. The molecule has 0 fully saturated rings. The SMILES string of the molecule is CCOc1ccc(C(Nc2ccc(C#N)cc2)C(=O)[O-])cc1N(CC)CC. The Kier molecular flexibility index (Phi) is 7.07. The van der Waals surface area contributed by atoms with Crippen LogP contribution in [0.1, 0.15) is 37.9 Å². The molecule has 0 spiro atoms. The van der Waals surface area contributed by atoms with Gasteiger partial charge in [-0.05, 0) is 62.7 Å². The van der Waals surface area contributed by atoms with Gasteiger partial charge in [0.15, 0.2) is 0 Å². The number of carboxylic acids is 1. The molecule has 0 aliphatic rings. The summed E-state index contributed by atoms with van der Waals surface area (Å²) in [6.45, 7) is 8.07. The topological polar surface area (TPSA) is 88.4 Å². The zero-order valence-electron chi connectivity index (χ0n) is 15.9. The molecular formula is C21H24N3O3-. The van der Waals surface area contributed by atoms with Gasteiger partial charge >= 0.3 is 0 Å². The first kappa shape index (κ1) is 20.1. The molecule has 6 nitrogen and oxygen atoms in total. The largest absolute Gasteiger partial charge is 0.548 e. The molecule has 1 unspecified atom stereocenters. The van der Waals surface area contributed by atoms with Gasteiger partial charge in [-0.25, -0.2) is 0 Å². The lowest BCUT2D eigenvalue weighted by molar-refractivity contribution is -0.307. The Labute approximate surface area is 160 Å². The zero-order chi connectivity index (χ0) is 19.8. The Hall–Kier alpha value is -3.20. The van der Waals surface area contributed by atoms with Crippen molar-refractivity contribution >= 4 is 17.3 Å². The van der Waals surface area contributed by atoms with E-state index >= 15 is 0 Å². The number of anilines is 2. The van der Waals surface area contributed by atoms with Crippen LogP contribution in [-0.4, -0.2) is 25.7 Å². The van der Waals surface area contributed by atoms with Crippen LogP contribution in [0.25, 0.3) is 0 Å². The van der Waals surface area contributed by atoms with Crippen molar-refractivity contribution in [3.63, 3.8) is 0 Å². The number of nitrogens with zero attached hydrogens (tertiary/aromatic N) is 2. The number of nitrogens with one attached hydrogen (secondary N) is 1. The van der Waals surface area contributed by atoms with Gasteiger partial charge < -0.3 is 24.9 Å². The maximum Gasteiger partial charge on any atom is 0.142 e. The third-order valence-electron chi connectivity index (χ3n) is 4.28. The maximum absolute atomic E-state index is 11.8. The minimum Gasteiger partial charge on any atom is -0.548 e. The van der Waals surface area contributed by atoms with Crippen LogP contribution >= 0.6 is 0 Å². The van der Waals surface area contributed by atoms with Crippen molar-refractivity contribution in [2.75, 3.05) is 29.9 Å². The summed E-state index contributed by atoms with van der Waals surface area (Å²) in [5.41, 5.74) is 2.54. The number of hydrogen-bond acceptors (Lipinski definition) is 6. The standard InChI is InChI=1S/C21H25N3O3/c1-4-24(5-2)18-13-16(9-12-19(18)27-6-3)20(21(25)26)23-17-10-7-15(14-22)8-11-17/h7-13,20,23H,4-6H2,1-3H3,(H,25,26)/p-1. The fraction of sp³-hybridized carbons (Fsp3) is 0.333. The van der Waals surface area contributed by atoms with Gasteiger partial charge in [0.25, 0.3) is 0 Å². The van der Waals surface area contributed by atoms with Crippen LogP contribution in [0.3, 0.4) is 0 Å². The molecule has 0 amide bonds. The summed E-state index contributed by atoms with van der Waals surface area (Å²) in [6, 6.07) is 13.0. The van der Waals surface area contributed by atoms with Gasteiger partial charge in [-0.3, -0.25) is 0 Å². The predicted octanol–water partition coefficient (Wildman–Crippen LogP) is 2.71. The minimum atomic E-state index is -1.23. The Bertz CT molecular complexity index is 808. The van der Waals surface area contributed by atoms with Crippen LogP contribution in [0.5, 0.6) is 5.75 Å². The first-order chi connectivity index (χ1) is 13.0. The van der Waals surface area contributed by atoms with E-state index in [1.165, 1.54) is 0 Å². The molecule has 6 heteroatoms. The van der Waals surface area contributed by atoms with Gasteiger partial charge in [-0.1, -0.05) is 6.07 Å². The molecule has 0 bridgehead atoms. The summed E-state index contributed by atoms with van der Waals surface area (Å²) in [5.74, 6) is -0.505. The highest BCUT2D eigenvalue weighted by Crippen LogP contribution is 2.32. The van der Waals surface area contributed by atoms with Crippen LogP contribution in [0, 0.1) is 11.3 Å². The Morgan fingerprint density at radius 2 is 1.85 bits per heavy atom. The molecule has 2 rings (SSSR count). The average Bonchev–Trinajstić information content (AvgIpc) is 2.68. The van der Waals surface area contributed by atoms with Gasteiger partial charge in [-0.15, -0.1) is 0 Å². The molecule has 1 N–H and O–H groups in total. The van der Waals surface area contributed by atoms with Crippen molar-refractivity contribution in [1.29, 1.82) is 5.26 Å². The van der Waals surface area contributed by atoms with Gasteiger partial charge in [0.05, 0.1) is 35.9 Å². The lowest BCUT2D eigenvalue weighted by Crippen LogP contribution is -2.34. The molecular weight excluding hydrogens is 342 g/mol. The molecule has 142 valence electrons. The van der Waals surface area contributed by atoms with E-state index in [1.807, 2.05) is 32.9 Å². The molecule has 1 atom stereocenters. The van der Waals surface area contributed by atoms with E-state index in [1.54, 1.807) is 36.4 Å². The Morgan fingerprint density at radius 1 is 1.19 bits per heavy atom. The van der Waals surface area contributed by atoms with Gasteiger partial charge in [0, 0.05) is 18.8 Å². The molecule has 0 saturated carbocycles. The number of carbonyl (C=O) groups is 1. The lowest BCUT2D eigenvalue weighted by atomic mass is 10.0. The highest BCUT2D eigenvalue weighted by atomic mass is 16.5. The van der Waals surface area contributed by atoms with Crippen LogP contribution in [0.2, 0.25) is 0 Å². The Morgan fingerprint density at radius 3 is 2.37 bits per heavy atom. The van der Waals surface area contributed by atoms with E-state index in [9.17, 15) is 9.90 Å². The summed E-state index contributed by atoms with van der Waals surface area (Å²) in [6.07, 6.45) is 0. The number of ether oxygens (including phenoxy) is 1. The van der Waals surface area contributed by atoms with Gasteiger partial charge in [0.2, 0.25) is 0 Å². The van der Waals surface area contributed by atoms with E-state index in [0.29, 0.717) is 23.4 Å². The van der Waals surface area contributed by atoms with Crippen LogP contribution < -0.4 is 20.1 Å². The van der Waals surface area contributed by atoms with Crippen molar-refractivity contribution in [3.05, 3.63) is 53.6 Å². The number of aliphatic carboxylic acids is 1. The molecule has 0 aromatic heterocycles. The second kappa shape index (κ2) is 9.48. The predicted molar refractivity (Wildman–Crippen MR) is 104 cm³/mol. The third-order valence-corrected chi connectivity index (χ3v) is 4.28. The molecule has 0 radical (unpaired) electrons. The molecule has 0 aliphatic carbocycles. The fourth-order valence-electron chi connectivity index (χ4n) is 2.89. The molecule has 0 heterocycles. The van der Waals surface area contributed by atoms with E-state index in [-0.39, 0.29) is 0 Å².